The molecule has 26 heavy (non-hydrogen) atoms. The lowest BCUT2D eigenvalue weighted by Crippen LogP contribution is -2.36. The van der Waals surface area contributed by atoms with Gasteiger partial charge in [0.2, 0.25) is 0 Å². The molecule has 0 aliphatic heterocycles. The predicted octanol–water partition coefficient (Wildman–Crippen LogP) is 4.25. The zero-order valence-electron chi connectivity index (χ0n) is 14.6. The Kier molecular flexibility index (Phi) is 7.77. The molecule has 3 rings (SSSR count). The van der Waals surface area contributed by atoms with E-state index in [4.69, 9.17) is 0 Å². The highest BCUT2D eigenvalue weighted by Gasteiger charge is 2.03. The van der Waals surface area contributed by atoms with Gasteiger partial charge in [0, 0.05) is 24.7 Å². The second-order valence-corrected chi connectivity index (χ2v) is 5.67. The lowest BCUT2D eigenvalue weighted by atomic mass is 10.1. The van der Waals surface area contributed by atoms with Gasteiger partial charge in [-0.05, 0) is 36.2 Å². The van der Waals surface area contributed by atoms with Crippen LogP contribution in [0.5, 0.6) is 0 Å². The Morgan fingerprint density at radius 3 is 2.69 bits per heavy atom. The van der Waals surface area contributed by atoms with E-state index in [1.165, 1.54) is 12.1 Å². The van der Waals surface area contributed by atoms with E-state index in [1.807, 2.05) is 25.1 Å². The number of nitrogens with zero attached hydrogens (tertiary/aromatic N) is 2. The van der Waals surface area contributed by atoms with Gasteiger partial charge in [0.15, 0.2) is 5.96 Å². The molecule has 2 aromatic carbocycles. The molecule has 0 aliphatic rings. The summed E-state index contributed by atoms with van der Waals surface area (Å²) in [6.07, 6.45) is 1.80. The number of hydrogen-bond donors (Lipinski definition) is 2. The van der Waals surface area contributed by atoms with Gasteiger partial charge in [-0.3, -0.25) is 4.98 Å². The van der Waals surface area contributed by atoms with Crippen LogP contribution in [0.2, 0.25) is 0 Å². The molecule has 0 saturated carbocycles. The maximum Gasteiger partial charge on any atom is 0.191 e. The number of nitrogens with one attached hydrogen (secondary N) is 2. The van der Waals surface area contributed by atoms with Crippen LogP contribution in [0.1, 0.15) is 18.1 Å². The number of halogens is 2. The third-order valence-corrected chi connectivity index (χ3v) is 3.82. The summed E-state index contributed by atoms with van der Waals surface area (Å²) in [5.74, 6) is 0.451. The summed E-state index contributed by atoms with van der Waals surface area (Å²) in [4.78, 5) is 8.99. The maximum absolute atomic E-state index is 13.3. The third kappa shape index (κ3) is 5.39. The highest BCUT2D eigenvalue weighted by molar-refractivity contribution is 14.0. The molecule has 0 spiro atoms. The van der Waals surface area contributed by atoms with Crippen LogP contribution >= 0.6 is 24.0 Å². The first-order chi connectivity index (χ1) is 12.3. The molecule has 1 aromatic heterocycles. The van der Waals surface area contributed by atoms with E-state index in [2.05, 4.69) is 38.8 Å². The fraction of sp³-hybridized carbons (Fsp3) is 0.200. The number of benzene rings is 2. The standard InChI is InChI=1S/C20H21FN4.HI/c1-2-22-20(24-13-15-6-3-10-18(21)12-15)25-14-17-8-4-7-16-9-5-11-23-19(16)17;/h3-12H,2,13-14H2,1H3,(H2,22,24,25);1H. The Balaban J connectivity index is 0.00000243. The normalized spacial score (nSPS) is 11.1. The van der Waals surface area contributed by atoms with Crippen molar-refractivity contribution in [2.24, 2.45) is 4.99 Å². The first kappa shape index (κ1) is 20.1. The molecular formula is C20H22FIN4. The lowest BCUT2D eigenvalue weighted by Gasteiger charge is -2.12. The van der Waals surface area contributed by atoms with E-state index in [1.54, 1.807) is 12.3 Å². The van der Waals surface area contributed by atoms with Crippen LogP contribution in [0.25, 0.3) is 10.9 Å². The van der Waals surface area contributed by atoms with Crippen LogP contribution in [-0.4, -0.2) is 17.5 Å². The SMILES string of the molecule is CCNC(=NCc1cccc(F)c1)NCc1cccc2cccnc12.I. The van der Waals surface area contributed by atoms with Gasteiger partial charge in [-0.2, -0.15) is 0 Å². The predicted molar refractivity (Wildman–Crippen MR) is 115 cm³/mol. The summed E-state index contributed by atoms with van der Waals surface area (Å²) in [6.45, 7) is 3.80. The first-order valence-corrected chi connectivity index (χ1v) is 8.35. The Morgan fingerprint density at radius 2 is 1.88 bits per heavy atom. The highest BCUT2D eigenvalue weighted by atomic mass is 127. The van der Waals surface area contributed by atoms with Crippen molar-refractivity contribution in [1.29, 1.82) is 0 Å². The van der Waals surface area contributed by atoms with Crippen molar-refractivity contribution in [3.63, 3.8) is 0 Å². The van der Waals surface area contributed by atoms with Crippen LogP contribution in [0, 0.1) is 5.82 Å². The number of fused-ring (bicyclic) bond motifs is 1. The topological polar surface area (TPSA) is 49.3 Å². The van der Waals surface area contributed by atoms with Crippen LogP contribution < -0.4 is 10.6 Å². The Hall–Kier alpha value is -2.22. The average Bonchev–Trinajstić information content (AvgIpc) is 2.64. The summed E-state index contributed by atoms with van der Waals surface area (Å²) < 4.78 is 13.3. The smallest absolute Gasteiger partial charge is 0.191 e. The van der Waals surface area contributed by atoms with Crippen molar-refractivity contribution in [1.82, 2.24) is 15.6 Å². The average molecular weight is 464 g/mol. The molecule has 0 amide bonds. The van der Waals surface area contributed by atoms with E-state index in [-0.39, 0.29) is 29.8 Å². The fourth-order valence-corrected chi connectivity index (χ4v) is 2.64. The Morgan fingerprint density at radius 1 is 1.08 bits per heavy atom. The summed E-state index contributed by atoms with van der Waals surface area (Å²) in [6, 6.07) is 16.6. The molecule has 2 N–H and O–H groups in total. The highest BCUT2D eigenvalue weighted by Crippen LogP contribution is 2.15. The van der Waals surface area contributed by atoms with Crippen molar-refractivity contribution in [2.75, 3.05) is 6.54 Å². The second-order valence-electron chi connectivity index (χ2n) is 5.67. The molecular weight excluding hydrogens is 442 g/mol. The summed E-state index contributed by atoms with van der Waals surface area (Å²) >= 11 is 0. The molecule has 0 atom stereocenters. The van der Waals surface area contributed by atoms with Gasteiger partial charge in [0.1, 0.15) is 5.82 Å². The molecule has 0 aliphatic carbocycles. The zero-order chi connectivity index (χ0) is 17.5. The zero-order valence-corrected chi connectivity index (χ0v) is 16.9. The van der Waals surface area contributed by atoms with Gasteiger partial charge in [-0.25, -0.2) is 9.38 Å². The summed E-state index contributed by atoms with van der Waals surface area (Å²) in [5, 5.41) is 7.64. The van der Waals surface area contributed by atoms with Gasteiger partial charge in [0.05, 0.1) is 12.1 Å². The molecule has 0 bridgehead atoms. The van der Waals surface area contributed by atoms with Crippen LogP contribution in [0.15, 0.2) is 65.8 Å². The van der Waals surface area contributed by atoms with E-state index in [0.717, 1.165) is 28.6 Å². The quantitative estimate of drug-likeness (QED) is 0.337. The number of aliphatic imine (C=N–C) groups is 1. The minimum Gasteiger partial charge on any atom is -0.357 e. The van der Waals surface area contributed by atoms with Gasteiger partial charge >= 0.3 is 0 Å². The fourth-order valence-electron chi connectivity index (χ4n) is 2.64. The van der Waals surface area contributed by atoms with E-state index < -0.39 is 0 Å². The van der Waals surface area contributed by atoms with Crippen molar-refractivity contribution in [3.05, 3.63) is 77.7 Å². The Labute approximate surface area is 170 Å². The van der Waals surface area contributed by atoms with Crippen LogP contribution in [0.4, 0.5) is 4.39 Å². The number of pyridine rings is 1. The van der Waals surface area contributed by atoms with Gasteiger partial charge in [-0.1, -0.05) is 36.4 Å². The van der Waals surface area contributed by atoms with Gasteiger partial charge < -0.3 is 10.6 Å². The van der Waals surface area contributed by atoms with Gasteiger partial charge in [0.25, 0.3) is 0 Å². The summed E-state index contributed by atoms with van der Waals surface area (Å²) in [7, 11) is 0. The van der Waals surface area contributed by atoms with E-state index >= 15 is 0 Å². The Bertz CT molecular complexity index is 877. The number of aromatic nitrogens is 1. The number of hydrogen-bond acceptors (Lipinski definition) is 2. The minimum absolute atomic E-state index is 0. The molecule has 0 radical (unpaired) electrons. The molecule has 136 valence electrons. The van der Waals surface area contributed by atoms with Crippen molar-refractivity contribution in [3.8, 4) is 0 Å². The van der Waals surface area contributed by atoms with E-state index in [9.17, 15) is 4.39 Å². The van der Waals surface area contributed by atoms with E-state index in [0.29, 0.717) is 19.0 Å². The van der Waals surface area contributed by atoms with Gasteiger partial charge in [-0.15, -0.1) is 24.0 Å². The largest absolute Gasteiger partial charge is 0.357 e. The number of para-hydroxylation sites is 1. The monoisotopic (exact) mass is 464 g/mol. The van der Waals surface area contributed by atoms with Crippen LogP contribution in [0.3, 0.4) is 0 Å². The molecule has 0 saturated heterocycles. The maximum atomic E-state index is 13.3. The lowest BCUT2D eigenvalue weighted by molar-refractivity contribution is 0.625. The van der Waals surface area contributed by atoms with Crippen molar-refractivity contribution in [2.45, 2.75) is 20.0 Å². The van der Waals surface area contributed by atoms with Crippen molar-refractivity contribution < 1.29 is 4.39 Å². The number of guanidine groups is 1. The molecule has 6 heteroatoms. The van der Waals surface area contributed by atoms with Crippen LogP contribution in [-0.2, 0) is 13.1 Å². The first-order valence-electron chi connectivity index (χ1n) is 8.35. The second kappa shape index (κ2) is 10.1. The molecule has 0 unspecified atom stereocenters. The molecule has 0 fully saturated rings. The van der Waals surface area contributed by atoms with Crippen molar-refractivity contribution >= 4 is 40.8 Å². The third-order valence-electron chi connectivity index (χ3n) is 3.82. The minimum atomic E-state index is -0.243. The molecule has 4 nitrogen and oxygen atoms in total. The molecule has 3 aromatic rings. The summed E-state index contributed by atoms with van der Waals surface area (Å²) in [5.41, 5.74) is 2.93. The molecule has 1 heterocycles. The number of rotatable bonds is 5.